The maximum absolute atomic E-state index is 11.7. The Morgan fingerprint density at radius 1 is 1.47 bits per heavy atom. The highest BCUT2D eigenvalue weighted by molar-refractivity contribution is 5.99. The van der Waals surface area contributed by atoms with E-state index >= 15 is 0 Å². The van der Waals surface area contributed by atoms with E-state index in [2.05, 4.69) is 20.2 Å². The van der Waals surface area contributed by atoms with E-state index in [-0.39, 0.29) is 5.91 Å². The van der Waals surface area contributed by atoms with Gasteiger partial charge in [0.15, 0.2) is 5.82 Å². The first-order chi connectivity index (χ1) is 9.22. The maximum Gasteiger partial charge on any atom is 0.244 e. The van der Waals surface area contributed by atoms with Gasteiger partial charge in [-0.05, 0) is 25.7 Å². The van der Waals surface area contributed by atoms with Gasteiger partial charge in [0.2, 0.25) is 5.91 Å². The molecule has 0 atom stereocenters. The lowest BCUT2D eigenvalue weighted by molar-refractivity contribution is -0.115. The van der Waals surface area contributed by atoms with Crippen LogP contribution in [0.4, 0.5) is 11.5 Å². The van der Waals surface area contributed by atoms with Gasteiger partial charge < -0.3 is 15.0 Å². The van der Waals surface area contributed by atoms with Crippen molar-refractivity contribution in [1.29, 1.82) is 0 Å². The zero-order valence-corrected chi connectivity index (χ0v) is 11.1. The number of fused-ring (bicyclic) bond motifs is 1. The van der Waals surface area contributed by atoms with E-state index in [1.54, 1.807) is 6.20 Å². The second-order valence-corrected chi connectivity index (χ2v) is 5.14. The fourth-order valence-electron chi connectivity index (χ4n) is 2.62. The number of anilines is 2. The van der Waals surface area contributed by atoms with Crippen LogP contribution in [0.15, 0.2) is 6.20 Å². The van der Waals surface area contributed by atoms with E-state index < -0.39 is 0 Å². The second kappa shape index (κ2) is 5.13. The zero-order valence-electron chi connectivity index (χ0n) is 11.1. The summed E-state index contributed by atoms with van der Waals surface area (Å²) in [6, 6.07) is 0. The van der Waals surface area contributed by atoms with Crippen molar-refractivity contribution in [2.45, 2.75) is 19.8 Å². The molecule has 1 aromatic rings. The molecule has 3 heterocycles. The van der Waals surface area contributed by atoms with Crippen LogP contribution in [0.25, 0.3) is 0 Å². The number of nitrogens with one attached hydrogen (secondary N) is 1. The second-order valence-electron chi connectivity index (χ2n) is 5.14. The van der Waals surface area contributed by atoms with Gasteiger partial charge in [0, 0.05) is 19.8 Å². The summed E-state index contributed by atoms with van der Waals surface area (Å²) < 4.78 is 5.38. The summed E-state index contributed by atoms with van der Waals surface area (Å²) in [5, 5.41) is 2.82. The lowest BCUT2D eigenvalue weighted by Crippen LogP contribution is -2.42. The Bertz CT molecular complexity index is 486. The monoisotopic (exact) mass is 262 g/mol. The minimum absolute atomic E-state index is 0.00649. The van der Waals surface area contributed by atoms with Gasteiger partial charge in [-0.2, -0.15) is 0 Å². The van der Waals surface area contributed by atoms with Crippen LogP contribution in [0, 0.1) is 12.8 Å². The van der Waals surface area contributed by atoms with Gasteiger partial charge in [-0.3, -0.25) is 4.79 Å². The molecule has 1 saturated heterocycles. The molecule has 0 aliphatic carbocycles. The van der Waals surface area contributed by atoms with Gasteiger partial charge in [0.05, 0.1) is 12.7 Å². The van der Waals surface area contributed by atoms with Crippen LogP contribution in [0.3, 0.4) is 0 Å². The van der Waals surface area contributed by atoms with Crippen LogP contribution >= 0.6 is 0 Å². The van der Waals surface area contributed by atoms with E-state index in [9.17, 15) is 4.79 Å². The summed E-state index contributed by atoms with van der Waals surface area (Å²) in [7, 11) is 0. The van der Waals surface area contributed by atoms with Crippen molar-refractivity contribution in [1.82, 2.24) is 9.97 Å². The van der Waals surface area contributed by atoms with Gasteiger partial charge in [0.25, 0.3) is 0 Å². The molecule has 6 nitrogen and oxygen atoms in total. The molecule has 0 unspecified atom stereocenters. The first kappa shape index (κ1) is 12.3. The number of hydrogen-bond donors (Lipinski definition) is 1. The van der Waals surface area contributed by atoms with Crippen molar-refractivity contribution in [3.63, 3.8) is 0 Å². The highest BCUT2D eigenvalue weighted by Gasteiger charge is 2.26. The number of hydrogen-bond acceptors (Lipinski definition) is 5. The number of ether oxygens (including phenoxy) is 1. The lowest BCUT2D eigenvalue weighted by Gasteiger charge is -2.33. The number of amides is 1. The van der Waals surface area contributed by atoms with E-state index in [0.717, 1.165) is 44.2 Å². The Morgan fingerprint density at radius 2 is 2.26 bits per heavy atom. The zero-order chi connectivity index (χ0) is 13.2. The number of carbonyl (C=O) groups is 1. The number of carbonyl (C=O) groups excluding carboxylic acids is 1. The van der Waals surface area contributed by atoms with E-state index in [1.807, 2.05) is 6.92 Å². The molecule has 6 heteroatoms. The molecule has 0 aromatic carbocycles. The fourth-order valence-corrected chi connectivity index (χ4v) is 2.62. The number of aromatic nitrogens is 2. The smallest absolute Gasteiger partial charge is 0.244 e. The van der Waals surface area contributed by atoms with Crippen LogP contribution in [-0.4, -0.2) is 42.2 Å². The van der Waals surface area contributed by atoms with Gasteiger partial charge in [0.1, 0.15) is 11.5 Å². The lowest BCUT2D eigenvalue weighted by atomic mass is 9.99. The highest BCUT2D eigenvalue weighted by atomic mass is 16.5. The topological polar surface area (TPSA) is 67.3 Å². The number of nitrogens with zero attached hydrogens (tertiary/aromatic N) is 3. The molecular weight excluding hydrogens is 244 g/mol. The highest BCUT2D eigenvalue weighted by Crippen LogP contribution is 2.28. The molecule has 2 aliphatic heterocycles. The first-order valence-corrected chi connectivity index (χ1v) is 6.68. The number of rotatable bonds is 2. The molecule has 0 bridgehead atoms. The summed E-state index contributed by atoms with van der Waals surface area (Å²) in [5.74, 6) is 2.15. The van der Waals surface area contributed by atoms with Crippen LogP contribution < -0.4 is 10.2 Å². The van der Waals surface area contributed by atoms with Crippen LogP contribution in [-0.2, 0) is 9.53 Å². The van der Waals surface area contributed by atoms with Crippen molar-refractivity contribution in [2.24, 2.45) is 5.92 Å². The van der Waals surface area contributed by atoms with Gasteiger partial charge >= 0.3 is 0 Å². The summed E-state index contributed by atoms with van der Waals surface area (Å²) in [6.45, 7) is 4.74. The van der Waals surface area contributed by atoms with Gasteiger partial charge in [-0.1, -0.05) is 0 Å². The molecule has 0 spiro atoms. The normalized spacial score (nSPS) is 20.1. The standard InChI is InChI=1S/C13H18N4O2/c1-9-14-6-11-13(15-9)17(8-12(18)16-11)7-10-2-4-19-5-3-10/h6,10H,2-5,7-8H2,1H3,(H,16,18). The predicted molar refractivity (Wildman–Crippen MR) is 71.2 cm³/mol. The molecule has 1 amide bonds. The van der Waals surface area contributed by atoms with Crippen LogP contribution in [0.5, 0.6) is 0 Å². The summed E-state index contributed by atoms with van der Waals surface area (Å²) in [5.41, 5.74) is 0.717. The summed E-state index contributed by atoms with van der Waals surface area (Å²) >= 11 is 0. The Hall–Kier alpha value is -1.69. The molecule has 1 fully saturated rings. The van der Waals surface area contributed by atoms with Crippen molar-refractivity contribution >= 4 is 17.4 Å². The van der Waals surface area contributed by atoms with Crippen molar-refractivity contribution in [3.8, 4) is 0 Å². The van der Waals surface area contributed by atoms with Crippen molar-refractivity contribution in [3.05, 3.63) is 12.0 Å². The molecule has 1 aromatic heterocycles. The Kier molecular flexibility index (Phi) is 3.33. The van der Waals surface area contributed by atoms with E-state index in [1.165, 1.54) is 0 Å². The van der Waals surface area contributed by atoms with Crippen LogP contribution in [0.2, 0.25) is 0 Å². The number of aryl methyl sites for hydroxylation is 1. The first-order valence-electron chi connectivity index (χ1n) is 6.68. The third kappa shape index (κ3) is 2.68. The fraction of sp³-hybridized carbons (Fsp3) is 0.615. The Balaban J connectivity index is 1.81. The minimum atomic E-state index is 0.00649. The maximum atomic E-state index is 11.7. The molecule has 19 heavy (non-hydrogen) atoms. The van der Waals surface area contributed by atoms with Gasteiger partial charge in [-0.25, -0.2) is 9.97 Å². The molecule has 0 radical (unpaired) electrons. The van der Waals surface area contributed by atoms with E-state index in [0.29, 0.717) is 18.2 Å². The average molecular weight is 262 g/mol. The predicted octanol–water partition coefficient (Wildman–Crippen LogP) is 0.970. The van der Waals surface area contributed by atoms with E-state index in [4.69, 9.17) is 4.74 Å². The Labute approximate surface area is 112 Å². The summed E-state index contributed by atoms with van der Waals surface area (Å²) in [6.07, 6.45) is 3.79. The van der Waals surface area contributed by atoms with Crippen molar-refractivity contribution < 1.29 is 9.53 Å². The van der Waals surface area contributed by atoms with Crippen LogP contribution in [0.1, 0.15) is 18.7 Å². The molecule has 1 N–H and O–H groups in total. The third-order valence-electron chi connectivity index (χ3n) is 3.62. The molecule has 102 valence electrons. The van der Waals surface area contributed by atoms with Gasteiger partial charge in [-0.15, -0.1) is 0 Å². The molecular formula is C13H18N4O2. The average Bonchev–Trinajstić information content (AvgIpc) is 2.41. The largest absolute Gasteiger partial charge is 0.381 e. The Morgan fingerprint density at radius 3 is 3.05 bits per heavy atom. The molecule has 2 aliphatic rings. The third-order valence-corrected chi connectivity index (χ3v) is 3.62. The minimum Gasteiger partial charge on any atom is -0.381 e. The summed E-state index contributed by atoms with van der Waals surface area (Å²) in [4.78, 5) is 22.4. The quantitative estimate of drug-likeness (QED) is 0.860. The van der Waals surface area contributed by atoms with Crippen molar-refractivity contribution in [2.75, 3.05) is 36.5 Å². The molecule has 0 saturated carbocycles. The molecule has 3 rings (SSSR count). The SMILES string of the molecule is Cc1ncc2c(n1)N(CC1CCOCC1)CC(=O)N2.